The summed E-state index contributed by atoms with van der Waals surface area (Å²) in [7, 11) is 0. The minimum Gasteiger partial charge on any atom is -0.481 e. The maximum Gasteiger partial charge on any atom is 0.306 e. The fourth-order valence-electron chi connectivity index (χ4n) is 5.48. The molecule has 0 bridgehead atoms. The Kier molecular flexibility index (Phi) is 30.6. The van der Waals surface area contributed by atoms with Crippen LogP contribution in [0.4, 0.5) is 0 Å². The van der Waals surface area contributed by atoms with Gasteiger partial charge in [-0.25, -0.2) is 0 Å². The fourth-order valence-corrected chi connectivity index (χ4v) is 5.48. The SMILES string of the molecule is CCCCCCCCCCCCCCCC(CCCCCCCC(=O)O)OC(=O)CCCCCCCCCC. The van der Waals surface area contributed by atoms with E-state index in [-0.39, 0.29) is 18.5 Å². The molecule has 0 heterocycles. The van der Waals surface area contributed by atoms with Crippen molar-refractivity contribution >= 4 is 11.9 Å². The van der Waals surface area contributed by atoms with Crippen LogP contribution in [-0.4, -0.2) is 23.1 Å². The minimum atomic E-state index is -0.698. The van der Waals surface area contributed by atoms with E-state index in [1.165, 1.54) is 116 Å². The molecule has 0 rings (SSSR count). The van der Waals surface area contributed by atoms with Gasteiger partial charge >= 0.3 is 11.9 Å². The molecule has 0 aromatic carbocycles. The lowest BCUT2D eigenvalue weighted by Crippen LogP contribution is -2.18. The molecule has 0 saturated heterocycles. The second-order valence-corrected chi connectivity index (χ2v) is 12.1. The van der Waals surface area contributed by atoms with Crippen LogP contribution in [0.3, 0.4) is 0 Å². The highest BCUT2D eigenvalue weighted by Gasteiger charge is 2.14. The highest BCUT2D eigenvalue weighted by molar-refractivity contribution is 5.69. The molecule has 232 valence electrons. The lowest BCUT2D eigenvalue weighted by atomic mass is 10.0. The number of esters is 1. The Bertz CT molecular complexity index is 519. The number of carbonyl (C=O) groups excluding carboxylic acids is 1. The van der Waals surface area contributed by atoms with Gasteiger partial charge in [0.1, 0.15) is 6.10 Å². The van der Waals surface area contributed by atoms with Crippen LogP contribution in [0, 0.1) is 0 Å². The molecule has 4 heteroatoms. The van der Waals surface area contributed by atoms with Crippen molar-refractivity contribution in [3.63, 3.8) is 0 Å². The number of carbonyl (C=O) groups is 2. The highest BCUT2D eigenvalue weighted by atomic mass is 16.5. The second-order valence-electron chi connectivity index (χ2n) is 12.1. The molecule has 0 aliphatic carbocycles. The smallest absolute Gasteiger partial charge is 0.306 e. The Balaban J connectivity index is 4.02. The van der Waals surface area contributed by atoms with E-state index in [0.29, 0.717) is 6.42 Å². The first-order chi connectivity index (χ1) is 19.1. The number of carboxylic acids is 1. The third-order valence-corrected chi connectivity index (χ3v) is 8.08. The number of hydrogen-bond acceptors (Lipinski definition) is 3. The molecule has 0 aliphatic heterocycles. The third kappa shape index (κ3) is 31.3. The van der Waals surface area contributed by atoms with Crippen LogP contribution in [0.1, 0.15) is 206 Å². The first-order valence-electron chi connectivity index (χ1n) is 17.5. The molecule has 1 N–H and O–H groups in total. The molecular weight excluding hydrogens is 484 g/mol. The van der Waals surface area contributed by atoms with Gasteiger partial charge in [-0.1, -0.05) is 155 Å². The number of carboxylic acid groups (broad SMARTS) is 1. The van der Waals surface area contributed by atoms with Crippen LogP contribution in [-0.2, 0) is 14.3 Å². The minimum absolute atomic E-state index is 0.00198. The lowest BCUT2D eigenvalue weighted by Gasteiger charge is -2.18. The first kappa shape index (κ1) is 37.9. The maximum absolute atomic E-state index is 12.5. The van der Waals surface area contributed by atoms with Crippen molar-refractivity contribution in [2.75, 3.05) is 0 Å². The highest BCUT2D eigenvalue weighted by Crippen LogP contribution is 2.19. The van der Waals surface area contributed by atoms with Gasteiger partial charge in [0.15, 0.2) is 0 Å². The summed E-state index contributed by atoms with van der Waals surface area (Å²) in [6.45, 7) is 4.53. The van der Waals surface area contributed by atoms with E-state index in [9.17, 15) is 9.59 Å². The van der Waals surface area contributed by atoms with Gasteiger partial charge in [0.05, 0.1) is 0 Å². The first-order valence-corrected chi connectivity index (χ1v) is 17.5. The van der Waals surface area contributed by atoms with Crippen LogP contribution in [0.25, 0.3) is 0 Å². The molecule has 39 heavy (non-hydrogen) atoms. The number of hydrogen-bond donors (Lipinski definition) is 1. The molecule has 0 fully saturated rings. The van der Waals surface area contributed by atoms with Crippen molar-refractivity contribution in [2.24, 2.45) is 0 Å². The summed E-state index contributed by atoms with van der Waals surface area (Å²) in [6, 6.07) is 0. The summed E-state index contributed by atoms with van der Waals surface area (Å²) in [6.07, 6.45) is 35.4. The lowest BCUT2D eigenvalue weighted by molar-refractivity contribution is -0.150. The standard InChI is InChI=1S/C35H68O4/c1-3-5-7-9-11-13-14-15-16-17-18-21-25-29-33(30-26-22-20-23-27-31-34(36)37)39-35(38)32-28-24-19-12-10-8-6-4-2/h33H,3-32H2,1-2H3,(H,36,37). The largest absolute Gasteiger partial charge is 0.481 e. The summed E-state index contributed by atoms with van der Waals surface area (Å²) in [5, 5.41) is 8.78. The molecule has 0 spiro atoms. The van der Waals surface area contributed by atoms with E-state index in [0.717, 1.165) is 64.2 Å². The van der Waals surface area contributed by atoms with E-state index in [1.807, 2.05) is 0 Å². The van der Waals surface area contributed by atoms with Crippen LogP contribution < -0.4 is 0 Å². The van der Waals surface area contributed by atoms with Gasteiger partial charge in [-0.15, -0.1) is 0 Å². The topological polar surface area (TPSA) is 63.6 Å². The second kappa shape index (κ2) is 31.5. The number of unbranched alkanes of at least 4 members (excludes halogenated alkanes) is 23. The van der Waals surface area contributed by atoms with Gasteiger partial charge in [0, 0.05) is 12.8 Å². The summed E-state index contributed by atoms with van der Waals surface area (Å²) >= 11 is 0. The monoisotopic (exact) mass is 553 g/mol. The Morgan fingerprint density at radius 2 is 0.769 bits per heavy atom. The summed E-state index contributed by atoms with van der Waals surface area (Å²) < 4.78 is 5.96. The van der Waals surface area contributed by atoms with E-state index in [4.69, 9.17) is 9.84 Å². The molecule has 0 aliphatic rings. The van der Waals surface area contributed by atoms with Crippen molar-refractivity contribution in [2.45, 2.75) is 213 Å². The molecule has 0 saturated carbocycles. The normalized spacial score (nSPS) is 12.1. The quantitative estimate of drug-likeness (QED) is 0.0665. The van der Waals surface area contributed by atoms with Crippen molar-refractivity contribution < 1.29 is 19.4 Å². The Morgan fingerprint density at radius 1 is 0.462 bits per heavy atom. The number of aliphatic carboxylic acids is 1. The van der Waals surface area contributed by atoms with Gasteiger partial charge in [-0.3, -0.25) is 9.59 Å². The van der Waals surface area contributed by atoms with E-state index < -0.39 is 5.97 Å². The van der Waals surface area contributed by atoms with Crippen LogP contribution in [0.15, 0.2) is 0 Å². The van der Waals surface area contributed by atoms with Crippen LogP contribution in [0.5, 0.6) is 0 Å². The van der Waals surface area contributed by atoms with Gasteiger partial charge in [-0.2, -0.15) is 0 Å². The Morgan fingerprint density at radius 3 is 1.13 bits per heavy atom. The van der Waals surface area contributed by atoms with Crippen LogP contribution in [0.2, 0.25) is 0 Å². The Labute approximate surface area is 243 Å². The zero-order valence-corrected chi connectivity index (χ0v) is 26.5. The zero-order chi connectivity index (χ0) is 28.7. The molecule has 0 radical (unpaired) electrons. The zero-order valence-electron chi connectivity index (χ0n) is 26.5. The number of rotatable bonds is 32. The fraction of sp³-hybridized carbons (Fsp3) is 0.943. The van der Waals surface area contributed by atoms with Crippen LogP contribution >= 0.6 is 0 Å². The van der Waals surface area contributed by atoms with Crippen molar-refractivity contribution in [1.29, 1.82) is 0 Å². The molecule has 0 amide bonds. The van der Waals surface area contributed by atoms with Gasteiger partial charge < -0.3 is 9.84 Å². The third-order valence-electron chi connectivity index (χ3n) is 8.08. The summed E-state index contributed by atoms with van der Waals surface area (Å²) in [5.74, 6) is -0.696. The van der Waals surface area contributed by atoms with E-state index in [2.05, 4.69) is 13.8 Å². The van der Waals surface area contributed by atoms with Crippen molar-refractivity contribution in [3.05, 3.63) is 0 Å². The molecule has 1 unspecified atom stereocenters. The van der Waals surface area contributed by atoms with Gasteiger partial charge in [-0.05, 0) is 38.5 Å². The molecule has 0 aromatic rings. The average molecular weight is 553 g/mol. The van der Waals surface area contributed by atoms with Gasteiger partial charge in [0.25, 0.3) is 0 Å². The van der Waals surface area contributed by atoms with Crippen molar-refractivity contribution in [3.8, 4) is 0 Å². The Hall–Kier alpha value is -1.06. The predicted molar refractivity (Wildman–Crippen MR) is 167 cm³/mol. The molecule has 1 atom stereocenters. The summed E-state index contributed by atoms with van der Waals surface area (Å²) in [5.41, 5.74) is 0. The number of ether oxygens (including phenoxy) is 1. The van der Waals surface area contributed by atoms with Crippen molar-refractivity contribution in [1.82, 2.24) is 0 Å². The molecule has 4 nitrogen and oxygen atoms in total. The molecular formula is C35H68O4. The average Bonchev–Trinajstić information content (AvgIpc) is 2.91. The van der Waals surface area contributed by atoms with Gasteiger partial charge in [0.2, 0.25) is 0 Å². The van der Waals surface area contributed by atoms with E-state index >= 15 is 0 Å². The summed E-state index contributed by atoms with van der Waals surface area (Å²) in [4.78, 5) is 23.2. The predicted octanol–water partition coefficient (Wildman–Crippen LogP) is 11.7. The molecule has 0 aromatic heterocycles. The van der Waals surface area contributed by atoms with E-state index in [1.54, 1.807) is 0 Å². The maximum atomic E-state index is 12.5.